The Bertz CT molecular complexity index is 3670. The molecule has 10 rings (SSSR count). The van der Waals surface area contributed by atoms with Crippen molar-refractivity contribution in [3.05, 3.63) is 153 Å². The van der Waals surface area contributed by atoms with Crippen molar-refractivity contribution >= 4 is 53.2 Å². The van der Waals surface area contributed by atoms with Gasteiger partial charge in [-0.1, -0.05) is 48.5 Å². The van der Waals surface area contributed by atoms with E-state index >= 15 is 0 Å². The van der Waals surface area contributed by atoms with E-state index < -0.39 is 82.7 Å². The van der Waals surface area contributed by atoms with Gasteiger partial charge in [0.1, 0.15) is 23.0 Å². The van der Waals surface area contributed by atoms with Crippen molar-refractivity contribution in [3.63, 3.8) is 0 Å². The van der Waals surface area contributed by atoms with Crippen LogP contribution in [-0.2, 0) is 11.3 Å². The number of aryl methyl sites for hydroxylation is 1. The molecule has 2 unspecified atom stereocenters. The summed E-state index contributed by atoms with van der Waals surface area (Å²) < 4.78 is 0. The molecule has 0 aliphatic carbocycles. The summed E-state index contributed by atoms with van der Waals surface area (Å²) in [5.41, 5.74) is -0.258. The molecule has 12 N–H and O–H groups in total. The molecule has 94 heavy (non-hydrogen) atoms. The van der Waals surface area contributed by atoms with Crippen molar-refractivity contribution < 1.29 is 63.6 Å². The lowest BCUT2D eigenvalue weighted by molar-refractivity contribution is -0.122. The normalized spacial score (nSPS) is 19.9. The number of hydrogen-bond acceptors (Lipinski definition) is 21. The predicted molar refractivity (Wildman–Crippen MR) is 340 cm³/mol. The van der Waals surface area contributed by atoms with E-state index in [0.717, 1.165) is 0 Å². The summed E-state index contributed by atoms with van der Waals surface area (Å²) in [6, 6.07) is 23.7. The Balaban J connectivity index is 1.09. The highest BCUT2D eigenvalue weighted by molar-refractivity contribution is 6.07. The summed E-state index contributed by atoms with van der Waals surface area (Å²) in [5.74, 6) is -7.89. The average molecular weight is 1290 g/mol. The maximum Gasteiger partial charge on any atom is 0.258 e. The van der Waals surface area contributed by atoms with Gasteiger partial charge in [0.25, 0.3) is 47.3 Å². The summed E-state index contributed by atoms with van der Waals surface area (Å²) in [6.07, 6.45) is 0. The third-order valence-corrected chi connectivity index (χ3v) is 16.1. The van der Waals surface area contributed by atoms with Crippen LogP contribution in [0.5, 0.6) is 23.0 Å². The van der Waals surface area contributed by atoms with Crippen LogP contribution in [0.4, 0.5) is 0 Å². The van der Waals surface area contributed by atoms with E-state index in [-0.39, 0.29) is 182 Å². The van der Waals surface area contributed by atoms with Crippen LogP contribution >= 0.6 is 0 Å². The fourth-order valence-electron chi connectivity index (χ4n) is 10.8. The van der Waals surface area contributed by atoms with E-state index in [4.69, 9.17) is 0 Å². The van der Waals surface area contributed by atoms with Gasteiger partial charge < -0.3 is 67.9 Å². The molecule has 2 atom stereocenters. The molecule has 0 spiro atoms. The lowest BCUT2D eigenvalue weighted by atomic mass is 10.1. The maximum absolute atomic E-state index is 15.0. The summed E-state index contributed by atoms with van der Waals surface area (Å²) in [7, 11) is 0. The Labute approximate surface area is 540 Å². The molecular weight excluding hydrogens is 1210 g/mol. The summed E-state index contributed by atoms with van der Waals surface area (Å²) >= 11 is 0. The lowest BCUT2D eigenvalue weighted by Crippen LogP contribution is -2.48. The Hall–Kier alpha value is -10.7. The molecule has 30 heteroatoms. The van der Waals surface area contributed by atoms with Gasteiger partial charge in [-0.2, -0.15) is 0 Å². The van der Waals surface area contributed by atoms with Gasteiger partial charge in [-0.25, -0.2) is 0 Å². The van der Waals surface area contributed by atoms with Crippen LogP contribution in [0.1, 0.15) is 94.3 Å². The van der Waals surface area contributed by atoms with E-state index in [0.29, 0.717) is 22.8 Å². The van der Waals surface area contributed by atoms with Crippen molar-refractivity contribution in [1.29, 1.82) is 0 Å². The third kappa shape index (κ3) is 17.9. The number of aromatic nitrogens is 4. The molecule has 12 bridgehead atoms. The highest BCUT2D eigenvalue weighted by Gasteiger charge is 2.28. The van der Waals surface area contributed by atoms with Gasteiger partial charge in [0.2, 0.25) is 11.7 Å². The Kier molecular flexibility index (Phi) is 23.4. The first kappa shape index (κ1) is 67.7. The van der Waals surface area contributed by atoms with Gasteiger partial charge >= 0.3 is 0 Å². The molecule has 6 aromatic rings. The number of nitrogens with zero attached hydrogens (tertiary/aromatic N) is 9. The van der Waals surface area contributed by atoms with E-state index in [1.807, 2.05) is 19.6 Å². The minimum Gasteiger partial charge on any atom is -0.506 e. The summed E-state index contributed by atoms with van der Waals surface area (Å²) in [6.45, 7) is 2.25. The number of nitrogens with one attached hydrogen (secondary N) is 8. The molecule has 4 aliphatic rings. The second kappa shape index (κ2) is 32.5. The predicted octanol–water partition coefficient (Wildman–Crippen LogP) is -0.719. The molecule has 0 saturated heterocycles. The quantitative estimate of drug-likeness (QED) is 0.101. The average Bonchev–Trinajstić information content (AvgIpc) is 1.09. The Morgan fingerprint density at radius 3 is 0.979 bits per heavy atom. The van der Waals surface area contributed by atoms with Crippen molar-refractivity contribution in [1.82, 2.24) is 87.4 Å². The largest absolute Gasteiger partial charge is 0.506 e. The Morgan fingerprint density at radius 2 is 0.660 bits per heavy atom. The molecule has 5 aromatic carbocycles. The topological polar surface area (TPSA) is 399 Å². The van der Waals surface area contributed by atoms with E-state index in [9.17, 15) is 63.6 Å². The number of rotatable bonds is 5. The minimum absolute atomic E-state index is 0.00498. The number of hydrogen-bond donors (Lipinski definition) is 12. The molecule has 1 aromatic heterocycles. The number of benzene rings is 5. The number of fused-ring (bicyclic) bond motifs is 16. The molecule has 5 heterocycles. The summed E-state index contributed by atoms with van der Waals surface area (Å²) in [4.78, 5) is 135. The highest BCUT2D eigenvalue weighted by Crippen LogP contribution is 2.27. The zero-order valence-electron chi connectivity index (χ0n) is 51.8. The van der Waals surface area contributed by atoms with E-state index in [2.05, 4.69) is 62.9 Å². The first-order chi connectivity index (χ1) is 45.4. The molecule has 0 fully saturated rings. The van der Waals surface area contributed by atoms with Crippen LogP contribution in [-0.4, -0.2) is 256 Å². The summed E-state index contributed by atoms with van der Waals surface area (Å²) in [5, 5.41) is 84.8. The second-order valence-electron chi connectivity index (χ2n) is 22.4. The number of phenols is 4. The number of carbonyl (C=O) groups is 9. The zero-order valence-corrected chi connectivity index (χ0v) is 51.8. The third-order valence-electron chi connectivity index (χ3n) is 16.1. The fraction of sp³-hybridized carbons (Fsp3) is 0.359. The molecule has 0 radical (unpaired) electrons. The standard InChI is InChI=1S/C64H75N17O13/c1-40-73-75-56(76-74-40)42-16-14-41(15-17-42)38-72-51(82)39-81-37-36-80-31-24-71-62(92)48-11-4-10-47(54(48)85)59(89)67-20-27-78(28-23-70-63(93)49-12-5-13-50(55(49)86)64(81)94)33-32-77-25-18-65-57(87)43-6-2-8-45(52(43)83)60(90)68-21-29-79(34-35-80)30-22-69-61(91)46-9-3-7-44(53(46)84)58(88)66-19-26-77/h2-17,83-86H,18-39H2,1H3,(H,65,87)(H,66,88)(H,67,89)(H,68,90)(H,69,91)(H,70,93)(H,71,92)(H,72,82). The molecular formula is C64H75N17O13. The molecule has 9 amide bonds. The van der Waals surface area contributed by atoms with Gasteiger partial charge in [-0.05, 0) is 61.0 Å². The molecule has 0 saturated carbocycles. The van der Waals surface area contributed by atoms with Gasteiger partial charge in [0, 0.05) is 143 Å². The Morgan fingerprint density at radius 1 is 0.383 bits per heavy atom. The van der Waals surface area contributed by atoms with Crippen LogP contribution in [0, 0.1) is 6.92 Å². The molecule has 4 aliphatic heterocycles. The van der Waals surface area contributed by atoms with E-state index in [1.165, 1.54) is 77.7 Å². The first-order valence-electron chi connectivity index (χ1n) is 30.8. The van der Waals surface area contributed by atoms with E-state index in [1.54, 1.807) is 31.2 Å². The van der Waals surface area contributed by atoms with Crippen LogP contribution < -0.4 is 42.5 Å². The van der Waals surface area contributed by atoms with Gasteiger partial charge in [0.05, 0.1) is 51.1 Å². The zero-order chi connectivity index (χ0) is 66.7. The van der Waals surface area contributed by atoms with Crippen LogP contribution in [0.3, 0.4) is 0 Å². The van der Waals surface area contributed by atoms with Crippen LogP contribution in [0.15, 0.2) is 97.1 Å². The fourth-order valence-corrected chi connectivity index (χ4v) is 10.8. The highest BCUT2D eigenvalue weighted by atomic mass is 16.3. The molecule has 494 valence electrons. The van der Waals surface area contributed by atoms with Gasteiger partial charge in [-0.3, -0.25) is 62.8 Å². The number of phenolic OH excluding ortho intramolecular Hbond substituents is 4. The lowest BCUT2D eigenvalue weighted by Gasteiger charge is -2.30. The number of aromatic hydroxyl groups is 4. The second-order valence-corrected chi connectivity index (χ2v) is 22.4. The van der Waals surface area contributed by atoms with Crippen LogP contribution in [0.25, 0.3) is 11.4 Å². The number of para-hydroxylation sites is 4. The smallest absolute Gasteiger partial charge is 0.258 e. The van der Waals surface area contributed by atoms with Gasteiger partial charge in [0.15, 0.2) is 5.82 Å². The number of carbonyl (C=O) groups excluding carboxylic acids is 9. The van der Waals surface area contributed by atoms with Crippen molar-refractivity contribution in [3.8, 4) is 34.4 Å². The SMILES string of the molecule is Cc1nnc(-c2ccc(CNC(=O)CN3CCN4CCNC(=O)c5cccc(c5O)C(=O)NCCN(CCNC(=O)c5cccc(c5O)C3=O)CCN3CCNC(=O)c5cccc(c5O)C(=O)NCCN(CCNC(=O)c5cccc(c5O)C(=O)NCC3)CC4)cc2)nn1. The van der Waals surface area contributed by atoms with Crippen molar-refractivity contribution in [2.75, 3.05) is 137 Å². The monoisotopic (exact) mass is 1290 g/mol. The van der Waals surface area contributed by atoms with Crippen molar-refractivity contribution in [2.24, 2.45) is 0 Å². The minimum atomic E-state index is -0.803. The maximum atomic E-state index is 15.0. The first-order valence-corrected chi connectivity index (χ1v) is 30.8. The van der Waals surface area contributed by atoms with Crippen molar-refractivity contribution in [2.45, 2.75) is 13.5 Å². The number of amides is 9. The van der Waals surface area contributed by atoms with Crippen LogP contribution in [0.2, 0.25) is 0 Å². The van der Waals surface area contributed by atoms with Gasteiger partial charge in [-0.15, -0.1) is 20.4 Å². The molecule has 30 nitrogen and oxygen atoms in total.